The fourth-order valence-electron chi connectivity index (χ4n) is 4.34. The Morgan fingerprint density at radius 1 is 1.03 bits per heavy atom. The summed E-state index contributed by atoms with van der Waals surface area (Å²) in [5, 5.41) is 2.30. The summed E-state index contributed by atoms with van der Waals surface area (Å²) >= 11 is 0. The summed E-state index contributed by atoms with van der Waals surface area (Å²) < 4.78 is 42.3. The molecule has 4 rings (SSSR count). The first-order valence-corrected chi connectivity index (χ1v) is 11.5. The van der Waals surface area contributed by atoms with E-state index in [0.29, 0.717) is 5.56 Å². The Labute approximate surface area is 171 Å². The van der Waals surface area contributed by atoms with Gasteiger partial charge in [0.2, 0.25) is 10.0 Å². The molecule has 0 radical (unpaired) electrons. The van der Waals surface area contributed by atoms with Crippen LogP contribution in [0, 0.1) is 12.7 Å². The maximum Gasteiger partial charge on any atom is 0.241 e. The normalized spacial score (nSPS) is 16.3. The predicted molar refractivity (Wildman–Crippen MR) is 113 cm³/mol. The molecule has 0 aromatic heterocycles. The lowest BCUT2D eigenvalue weighted by atomic mass is 9.98. The highest BCUT2D eigenvalue weighted by molar-refractivity contribution is 7.89. The zero-order chi connectivity index (χ0) is 20.4. The van der Waals surface area contributed by atoms with Crippen LogP contribution in [0.3, 0.4) is 0 Å². The van der Waals surface area contributed by atoms with Gasteiger partial charge in [0.25, 0.3) is 0 Å². The van der Waals surface area contributed by atoms with Gasteiger partial charge in [-0.15, -0.1) is 0 Å². The van der Waals surface area contributed by atoms with Crippen molar-refractivity contribution in [1.82, 2.24) is 4.72 Å². The van der Waals surface area contributed by atoms with Crippen molar-refractivity contribution in [3.05, 3.63) is 77.6 Å². The monoisotopic (exact) mass is 413 g/mol. The predicted octanol–water partition coefficient (Wildman–Crippen LogP) is 2.99. The van der Waals surface area contributed by atoms with Crippen LogP contribution in [0.2, 0.25) is 0 Å². The summed E-state index contributed by atoms with van der Waals surface area (Å²) in [6.45, 7) is 4.01. The second-order valence-electron chi connectivity index (χ2n) is 7.75. The third kappa shape index (κ3) is 4.20. The maximum atomic E-state index is 13.7. The Kier molecular flexibility index (Phi) is 5.67. The molecule has 4 nitrogen and oxygen atoms in total. The first-order valence-electron chi connectivity index (χ1n) is 10.0. The van der Waals surface area contributed by atoms with Crippen molar-refractivity contribution in [2.75, 3.05) is 19.6 Å². The zero-order valence-electron chi connectivity index (χ0n) is 16.5. The van der Waals surface area contributed by atoms with Crippen LogP contribution in [0.1, 0.15) is 30.0 Å². The van der Waals surface area contributed by atoms with Crippen molar-refractivity contribution in [1.29, 1.82) is 0 Å². The van der Waals surface area contributed by atoms with Crippen LogP contribution in [0.4, 0.5) is 4.39 Å². The molecular formula is C23H26FN2O2S+. The van der Waals surface area contributed by atoms with Crippen LogP contribution in [0.5, 0.6) is 0 Å². The molecule has 29 heavy (non-hydrogen) atoms. The average molecular weight is 414 g/mol. The molecule has 0 saturated carbocycles. The lowest BCUT2D eigenvalue weighted by Gasteiger charge is -2.26. The molecule has 3 aromatic carbocycles. The Morgan fingerprint density at radius 2 is 1.76 bits per heavy atom. The Balaban J connectivity index is 1.67. The number of aryl methyl sites for hydroxylation is 1. The first kappa shape index (κ1) is 20.0. The number of fused-ring (bicyclic) bond motifs is 1. The van der Waals surface area contributed by atoms with Crippen molar-refractivity contribution in [3.8, 4) is 0 Å². The third-order valence-electron chi connectivity index (χ3n) is 5.85. The molecule has 2 N–H and O–H groups in total. The zero-order valence-corrected chi connectivity index (χ0v) is 17.3. The van der Waals surface area contributed by atoms with E-state index >= 15 is 0 Å². The van der Waals surface area contributed by atoms with Crippen LogP contribution in [-0.2, 0) is 10.0 Å². The molecule has 1 aliphatic heterocycles. The van der Waals surface area contributed by atoms with Crippen molar-refractivity contribution < 1.29 is 17.7 Å². The highest BCUT2D eigenvalue weighted by Crippen LogP contribution is 2.24. The SMILES string of the molecule is Cc1ccc(F)cc1S(=O)(=O)NC[C@@H](c1cccc2ccccc12)[NH+]1CCCC1. The number of benzene rings is 3. The van der Waals surface area contributed by atoms with Gasteiger partial charge in [0.05, 0.1) is 24.5 Å². The van der Waals surface area contributed by atoms with E-state index in [9.17, 15) is 12.8 Å². The number of quaternary nitrogens is 1. The number of hydrogen-bond donors (Lipinski definition) is 2. The van der Waals surface area contributed by atoms with Gasteiger partial charge in [-0.1, -0.05) is 48.5 Å². The summed E-state index contributed by atoms with van der Waals surface area (Å²) in [6.07, 6.45) is 2.29. The number of nitrogens with one attached hydrogen (secondary N) is 2. The minimum absolute atomic E-state index is 0.00518. The number of rotatable bonds is 6. The van der Waals surface area contributed by atoms with Crippen LogP contribution < -0.4 is 9.62 Å². The number of sulfonamides is 1. The lowest BCUT2D eigenvalue weighted by molar-refractivity contribution is -0.918. The number of likely N-dealkylation sites (tertiary alicyclic amines) is 1. The van der Waals surface area contributed by atoms with Gasteiger partial charge >= 0.3 is 0 Å². The summed E-state index contributed by atoms with van der Waals surface area (Å²) in [5.74, 6) is -0.549. The second-order valence-corrected chi connectivity index (χ2v) is 9.48. The van der Waals surface area contributed by atoms with Gasteiger partial charge in [0.1, 0.15) is 11.9 Å². The average Bonchev–Trinajstić information content (AvgIpc) is 3.24. The highest BCUT2D eigenvalue weighted by Gasteiger charge is 2.30. The molecule has 0 spiro atoms. The fourth-order valence-corrected chi connectivity index (χ4v) is 5.64. The molecule has 1 heterocycles. The smallest absolute Gasteiger partial charge is 0.241 e. The quantitative estimate of drug-likeness (QED) is 0.653. The Morgan fingerprint density at radius 3 is 2.55 bits per heavy atom. The van der Waals surface area contributed by atoms with Gasteiger partial charge in [0, 0.05) is 18.4 Å². The molecule has 3 aromatic rings. The molecule has 0 aliphatic carbocycles. The van der Waals surface area contributed by atoms with Crippen LogP contribution in [-0.4, -0.2) is 28.1 Å². The van der Waals surface area contributed by atoms with E-state index < -0.39 is 15.8 Å². The van der Waals surface area contributed by atoms with E-state index in [1.807, 2.05) is 18.2 Å². The summed E-state index contributed by atoms with van der Waals surface area (Å²) in [6, 6.07) is 18.3. The van der Waals surface area contributed by atoms with Crippen molar-refractivity contribution >= 4 is 20.8 Å². The first-order chi connectivity index (χ1) is 14.0. The molecule has 1 fully saturated rings. The second kappa shape index (κ2) is 8.22. The van der Waals surface area contributed by atoms with E-state index in [1.165, 1.54) is 17.0 Å². The van der Waals surface area contributed by atoms with Gasteiger partial charge in [-0.3, -0.25) is 0 Å². The standard InChI is InChI=1S/C23H25FN2O2S/c1-17-11-12-19(24)15-23(17)29(27,28)25-16-22(26-13-4-5-14-26)21-10-6-8-18-7-2-3-9-20(18)21/h2-3,6-12,15,22,25H,4-5,13-14,16H2,1H3/p+1/t22-/m0/s1. The third-order valence-corrected chi connectivity index (χ3v) is 7.42. The van der Waals surface area contributed by atoms with Gasteiger partial charge in [0.15, 0.2) is 0 Å². The van der Waals surface area contributed by atoms with E-state index in [2.05, 4.69) is 29.0 Å². The fraction of sp³-hybridized carbons (Fsp3) is 0.304. The van der Waals surface area contributed by atoms with Crippen LogP contribution in [0.25, 0.3) is 10.8 Å². The molecule has 0 unspecified atom stereocenters. The van der Waals surface area contributed by atoms with Gasteiger partial charge in [-0.25, -0.2) is 17.5 Å². The minimum Gasteiger partial charge on any atom is -0.328 e. The van der Waals surface area contributed by atoms with Crippen LogP contribution in [0.15, 0.2) is 65.6 Å². The lowest BCUT2D eigenvalue weighted by Crippen LogP contribution is -3.11. The maximum absolute atomic E-state index is 13.7. The molecule has 0 amide bonds. The molecular weight excluding hydrogens is 387 g/mol. The van der Waals surface area contributed by atoms with E-state index in [0.717, 1.165) is 48.3 Å². The van der Waals surface area contributed by atoms with Crippen molar-refractivity contribution in [2.45, 2.75) is 30.7 Å². The van der Waals surface area contributed by atoms with E-state index in [-0.39, 0.29) is 17.5 Å². The van der Waals surface area contributed by atoms with Crippen LogP contribution >= 0.6 is 0 Å². The van der Waals surface area contributed by atoms with E-state index in [1.54, 1.807) is 6.92 Å². The molecule has 152 valence electrons. The highest BCUT2D eigenvalue weighted by atomic mass is 32.2. The molecule has 1 atom stereocenters. The summed E-state index contributed by atoms with van der Waals surface area (Å²) in [5.41, 5.74) is 1.69. The van der Waals surface area contributed by atoms with Gasteiger partial charge < -0.3 is 4.90 Å². The molecule has 1 saturated heterocycles. The summed E-state index contributed by atoms with van der Waals surface area (Å²) in [4.78, 5) is 1.39. The van der Waals surface area contributed by atoms with Crippen molar-refractivity contribution in [2.24, 2.45) is 0 Å². The Bertz CT molecular complexity index is 1120. The molecule has 0 bridgehead atoms. The molecule has 1 aliphatic rings. The number of hydrogen-bond acceptors (Lipinski definition) is 2. The van der Waals surface area contributed by atoms with E-state index in [4.69, 9.17) is 0 Å². The topological polar surface area (TPSA) is 50.6 Å². The minimum atomic E-state index is -3.80. The molecule has 6 heteroatoms. The largest absolute Gasteiger partial charge is 0.328 e. The summed E-state index contributed by atoms with van der Waals surface area (Å²) in [7, 11) is -3.80. The number of halogens is 1. The van der Waals surface area contributed by atoms with Crippen molar-refractivity contribution in [3.63, 3.8) is 0 Å². The van der Waals surface area contributed by atoms with Gasteiger partial charge in [-0.2, -0.15) is 0 Å². The van der Waals surface area contributed by atoms with Gasteiger partial charge in [-0.05, 0) is 35.4 Å². The Hall–Kier alpha value is -2.28.